The van der Waals surface area contributed by atoms with Crippen LogP contribution in [0.4, 0.5) is 0 Å². The molecule has 2 saturated heterocycles. The molecule has 0 aromatic rings. The molecule has 0 aromatic heterocycles. The van der Waals surface area contributed by atoms with E-state index in [9.17, 15) is 47.9 Å². The molecule has 0 radical (unpaired) electrons. The Kier molecular flexibility index (Phi) is 20.3. The second-order valence-electron chi connectivity index (χ2n) is 15.9. The molecule has 2 heterocycles. The van der Waals surface area contributed by atoms with Gasteiger partial charge in [-0.3, -0.25) is 48.1 Å². The molecule has 0 aliphatic carbocycles. The fourth-order valence-electron chi connectivity index (χ4n) is 6.87. The Morgan fingerprint density at radius 1 is 0.683 bits per heavy atom. The number of carbonyl (C=O) groups is 10. The van der Waals surface area contributed by atoms with E-state index < -0.39 is 154 Å². The second kappa shape index (κ2) is 23.6. The van der Waals surface area contributed by atoms with E-state index in [-0.39, 0.29) is 6.61 Å². The van der Waals surface area contributed by atoms with Crippen LogP contribution in [0.5, 0.6) is 0 Å². The summed E-state index contributed by atoms with van der Waals surface area (Å²) in [5, 5.41) is 0. The standard InChI is InChI=1S/C39H59NO22Si/c1-19(41)40(20(2)42)31-28(55-23(5)45)16-39(38(50)51-10,61-34(31)32(57-25(7)47)29(56-24(6)46)17-53-21(3)43)62-35-33(58-26(8)48)30(18-54-22(4)44)60-37(36(35)59-27(9)49)52-14-15-63(11,12)13/h28-37H,14-18H2,1-13H3/t28-,29+,30+,31+,32+,33-,34+,35-,36+,37+,39-/m0/s1. The van der Waals surface area contributed by atoms with Crippen LogP contribution in [-0.4, -0.2) is 166 Å². The minimum atomic E-state index is -3.00. The zero-order valence-electron chi connectivity index (χ0n) is 37.7. The van der Waals surface area contributed by atoms with Gasteiger partial charge in [-0.1, -0.05) is 19.6 Å². The van der Waals surface area contributed by atoms with Gasteiger partial charge in [0.05, 0.1) is 13.5 Å². The summed E-state index contributed by atoms with van der Waals surface area (Å²) in [6.07, 6.45) is -17.4. The molecule has 2 amide bonds. The third-order valence-corrected chi connectivity index (χ3v) is 10.9. The highest BCUT2D eigenvalue weighted by Gasteiger charge is 2.64. The third kappa shape index (κ3) is 16.2. The van der Waals surface area contributed by atoms with Crippen molar-refractivity contribution >= 4 is 67.6 Å². The lowest BCUT2D eigenvalue weighted by Crippen LogP contribution is -2.72. The molecule has 63 heavy (non-hydrogen) atoms. The summed E-state index contributed by atoms with van der Waals surface area (Å²) >= 11 is 0. The normalized spacial score (nSPS) is 26.6. The van der Waals surface area contributed by atoms with E-state index >= 15 is 0 Å². The first-order valence-electron chi connectivity index (χ1n) is 19.8. The number of imide groups is 1. The van der Waals surface area contributed by atoms with Crippen molar-refractivity contribution < 1.29 is 105 Å². The van der Waals surface area contributed by atoms with Crippen molar-refractivity contribution in [3.05, 3.63) is 0 Å². The Bertz CT molecular complexity index is 1700. The van der Waals surface area contributed by atoms with Gasteiger partial charge in [-0.05, 0) is 6.04 Å². The van der Waals surface area contributed by atoms with Gasteiger partial charge < -0.3 is 56.8 Å². The predicted octanol–water partition coefficient (Wildman–Crippen LogP) is 0.658. The molecule has 356 valence electrons. The monoisotopic (exact) mass is 921 g/mol. The largest absolute Gasteiger partial charge is 0.465 e. The zero-order valence-corrected chi connectivity index (χ0v) is 38.7. The molecule has 0 N–H and O–H groups in total. The average molecular weight is 922 g/mol. The molecule has 0 saturated carbocycles. The Morgan fingerprint density at radius 3 is 1.68 bits per heavy atom. The minimum absolute atomic E-state index is 0.0240. The van der Waals surface area contributed by atoms with Gasteiger partial charge in [0.25, 0.3) is 5.79 Å². The summed E-state index contributed by atoms with van der Waals surface area (Å²) in [4.78, 5) is 130. The van der Waals surface area contributed by atoms with E-state index in [4.69, 9.17) is 56.8 Å². The number of rotatable bonds is 19. The Morgan fingerprint density at radius 2 is 1.22 bits per heavy atom. The van der Waals surface area contributed by atoms with E-state index in [0.29, 0.717) is 10.9 Å². The second-order valence-corrected chi connectivity index (χ2v) is 21.5. The van der Waals surface area contributed by atoms with Gasteiger partial charge in [0.2, 0.25) is 11.8 Å². The Hall–Kier alpha value is -5.04. The summed E-state index contributed by atoms with van der Waals surface area (Å²) in [6.45, 7) is 13.6. The van der Waals surface area contributed by atoms with Gasteiger partial charge in [0, 0.05) is 77.0 Å². The lowest BCUT2D eigenvalue weighted by molar-refractivity contribution is -0.373. The van der Waals surface area contributed by atoms with E-state index in [2.05, 4.69) is 19.6 Å². The Labute approximate surface area is 365 Å². The molecule has 23 nitrogen and oxygen atoms in total. The quantitative estimate of drug-likeness (QED) is 0.0977. The van der Waals surface area contributed by atoms with Crippen LogP contribution in [0, 0.1) is 0 Å². The van der Waals surface area contributed by atoms with Gasteiger partial charge in [-0.25, -0.2) is 4.79 Å². The predicted molar refractivity (Wildman–Crippen MR) is 210 cm³/mol. The van der Waals surface area contributed by atoms with Crippen molar-refractivity contribution in [2.75, 3.05) is 26.9 Å². The third-order valence-electron chi connectivity index (χ3n) is 9.17. The van der Waals surface area contributed by atoms with Crippen LogP contribution in [0.15, 0.2) is 0 Å². The first-order chi connectivity index (χ1) is 29.1. The maximum absolute atomic E-state index is 14.4. The highest BCUT2D eigenvalue weighted by Crippen LogP contribution is 2.42. The average Bonchev–Trinajstić information content (AvgIpc) is 3.12. The first kappa shape index (κ1) is 54.1. The molecule has 2 rings (SSSR count). The molecule has 0 spiro atoms. The summed E-state index contributed by atoms with van der Waals surface area (Å²) in [5.41, 5.74) is 0. The number of carbonyl (C=O) groups excluding carboxylic acids is 10. The number of ether oxygens (including phenoxy) is 12. The maximum atomic E-state index is 14.4. The smallest absolute Gasteiger partial charge is 0.366 e. The number of hydrogen-bond acceptors (Lipinski definition) is 22. The molecule has 0 unspecified atom stereocenters. The molecule has 11 atom stereocenters. The summed E-state index contributed by atoms with van der Waals surface area (Å²) < 4.78 is 68.9. The SMILES string of the molecule is COC(=O)[C@@]1(O[C@H]2[C@@H](OC(C)=O)[C@@H](COC(C)=O)O[C@@H](OCC[Si](C)(C)C)[C@@H]2OC(C)=O)C[C@H](OC(C)=O)[C@@H](N(C(C)=O)C(C)=O)[C@H]([C@H](OC(C)=O)[C@@H](COC(C)=O)OC(C)=O)O1. The van der Waals surface area contributed by atoms with Crippen LogP contribution < -0.4 is 0 Å². The topological polar surface area (TPSA) is 285 Å². The van der Waals surface area contributed by atoms with Gasteiger partial charge in [-0.2, -0.15) is 0 Å². The van der Waals surface area contributed by atoms with Gasteiger partial charge in [0.15, 0.2) is 30.7 Å². The highest BCUT2D eigenvalue weighted by atomic mass is 28.3. The van der Waals surface area contributed by atoms with Gasteiger partial charge >= 0.3 is 47.8 Å². The number of nitrogens with zero attached hydrogens (tertiary/aromatic N) is 1. The Balaban J connectivity index is 3.17. The van der Waals surface area contributed by atoms with Crippen LogP contribution in [0.3, 0.4) is 0 Å². The van der Waals surface area contributed by atoms with Crippen molar-refractivity contribution in [1.82, 2.24) is 4.90 Å². The fraction of sp³-hybridized carbons (Fsp3) is 0.744. The molecular weight excluding hydrogens is 862 g/mol. The molecule has 2 aliphatic rings. The molecule has 2 fully saturated rings. The van der Waals surface area contributed by atoms with E-state index in [1.807, 2.05) is 0 Å². The minimum Gasteiger partial charge on any atom is -0.465 e. The van der Waals surface area contributed by atoms with Crippen molar-refractivity contribution in [2.24, 2.45) is 0 Å². The van der Waals surface area contributed by atoms with Crippen LogP contribution in [0.25, 0.3) is 0 Å². The molecule has 0 bridgehead atoms. The molecule has 2 aliphatic heterocycles. The highest BCUT2D eigenvalue weighted by molar-refractivity contribution is 6.76. The summed E-state index contributed by atoms with van der Waals surface area (Å²) in [7, 11) is -0.912. The number of esters is 8. The number of methoxy groups -OCH3 is 1. The maximum Gasteiger partial charge on any atom is 0.366 e. The van der Waals surface area contributed by atoms with Crippen molar-refractivity contribution in [3.63, 3.8) is 0 Å². The van der Waals surface area contributed by atoms with E-state index in [0.717, 1.165) is 69.4 Å². The van der Waals surface area contributed by atoms with Crippen LogP contribution in [-0.2, 0) is 105 Å². The number of hydrogen-bond donors (Lipinski definition) is 0. The van der Waals surface area contributed by atoms with Gasteiger partial charge in [0.1, 0.15) is 43.7 Å². The first-order valence-corrected chi connectivity index (χ1v) is 23.5. The zero-order chi connectivity index (χ0) is 48.1. The lowest BCUT2D eigenvalue weighted by Gasteiger charge is -2.53. The molecular formula is C39H59NO22Si. The van der Waals surface area contributed by atoms with Crippen molar-refractivity contribution in [1.29, 1.82) is 0 Å². The van der Waals surface area contributed by atoms with Crippen LogP contribution in [0.1, 0.15) is 68.7 Å². The van der Waals surface area contributed by atoms with E-state index in [1.54, 1.807) is 0 Å². The fourth-order valence-corrected chi connectivity index (χ4v) is 7.60. The van der Waals surface area contributed by atoms with Crippen molar-refractivity contribution in [2.45, 2.75) is 161 Å². The summed E-state index contributed by atoms with van der Waals surface area (Å²) in [6, 6.07) is -1.31. The van der Waals surface area contributed by atoms with E-state index in [1.165, 1.54) is 0 Å². The number of amides is 2. The van der Waals surface area contributed by atoms with Crippen LogP contribution >= 0.6 is 0 Å². The van der Waals surface area contributed by atoms with Gasteiger partial charge in [-0.15, -0.1) is 0 Å². The van der Waals surface area contributed by atoms with Crippen LogP contribution in [0.2, 0.25) is 25.7 Å². The van der Waals surface area contributed by atoms with Crippen molar-refractivity contribution in [3.8, 4) is 0 Å². The summed E-state index contributed by atoms with van der Waals surface area (Å²) in [5.74, 6) is -13.2. The molecule has 24 heteroatoms. The lowest BCUT2D eigenvalue weighted by atomic mass is 9.86. The molecule has 0 aromatic carbocycles.